The molecule has 1 N–H and O–H groups in total. The molecule has 0 bridgehead atoms. The zero-order chi connectivity index (χ0) is 13.8. The molecule has 5 heteroatoms. The molecule has 2 rings (SSSR count). The molecule has 0 amide bonds. The van der Waals surface area contributed by atoms with Crippen LogP contribution in [-0.4, -0.2) is 11.5 Å². The van der Waals surface area contributed by atoms with Crippen molar-refractivity contribution in [3.63, 3.8) is 0 Å². The van der Waals surface area contributed by atoms with Gasteiger partial charge < -0.3 is 5.32 Å². The first-order chi connectivity index (χ1) is 9.10. The van der Waals surface area contributed by atoms with E-state index in [1.807, 2.05) is 6.20 Å². The summed E-state index contributed by atoms with van der Waals surface area (Å²) in [5, 5.41) is 4.80. The third-order valence-corrected chi connectivity index (χ3v) is 4.40. The highest BCUT2D eigenvalue weighted by atomic mass is 35.5. The number of halogens is 2. The number of aromatic nitrogens is 1. The summed E-state index contributed by atoms with van der Waals surface area (Å²) in [6.45, 7) is 5.13. The first-order valence-corrected chi connectivity index (χ1v) is 7.41. The van der Waals surface area contributed by atoms with Gasteiger partial charge in [-0.1, -0.05) is 24.6 Å². The van der Waals surface area contributed by atoms with Gasteiger partial charge in [0, 0.05) is 28.6 Å². The van der Waals surface area contributed by atoms with Gasteiger partial charge >= 0.3 is 0 Å². The molecule has 2 nitrogen and oxygen atoms in total. The van der Waals surface area contributed by atoms with Crippen molar-refractivity contribution in [3.8, 4) is 0 Å². The van der Waals surface area contributed by atoms with Crippen LogP contribution in [0.4, 0.5) is 4.39 Å². The lowest BCUT2D eigenvalue weighted by molar-refractivity contribution is 0.606. The van der Waals surface area contributed by atoms with Crippen molar-refractivity contribution in [1.82, 2.24) is 10.3 Å². The van der Waals surface area contributed by atoms with Gasteiger partial charge in [0.2, 0.25) is 0 Å². The van der Waals surface area contributed by atoms with Gasteiger partial charge in [-0.05, 0) is 31.2 Å². The van der Waals surface area contributed by atoms with Gasteiger partial charge in [0.15, 0.2) is 0 Å². The van der Waals surface area contributed by atoms with E-state index in [4.69, 9.17) is 11.6 Å². The Morgan fingerprint density at radius 3 is 2.95 bits per heavy atom. The second-order valence-electron chi connectivity index (χ2n) is 4.35. The van der Waals surface area contributed by atoms with E-state index in [0.29, 0.717) is 17.5 Å². The maximum absolute atomic E-state index is 13.0. The minimum absolute atomic E-state index is 0.305. The summed E-state index contributed by atoms with van der Waals surface area (Å²) in [6.07, 6.45) is 2.54. The summed E-state index contributed by atoms with van der Waals surface area (Å²) in [4.78, 5) is 5.61. The number of rotatable bonds is 5. The van der Waals surface area contributed by atoms with Gasteiger partial charge in [-0.25, -0.2) is 9.37 Å². The van der Waals surface area contributed by atoms with Crippen molar-refractivity contribution in [2.45, 2.75) is 26.3 Å². The fraction of sp³-hybridized carbons (Fsp3) is 0.357. The average Bonchev–Trinajstić information content (AvgIpc) is 2.82. The summed E-state index contributed by atoms with van der Waals surface area (Å²) in [5.41, 5.74) is 0.903. The number of hydrogen-bond donors (Lipinski definition) is 1. The number of hydrogen-bond acceptors (Lipinski definition) is 3. The van der Waals surface area contributed by atoms with E-state index in [0.717, 1.165) is 17.1 Å². The smallest absolute Gasteiger partial charge is 0.124 e. The van der Waals surface area contributed by atoms with Crippen LogP contribution in [0.1, 0.15) is 35.3 Å². The van der Waals surface area contributed by atoms with Gasteiger partial charge in [0.05, 0.1) is 5.01 Å². The third kappa shape index (κ3) is 3.75. The molecule has 0 aliphatic rings. The molecular weight excluding hydrogens is 283 g/mol. The van der Waals surface area contributed by atoms with Crippen LogP contribution in [0.5, 0.6) is 0 Å². The van der Waals surface area contributed by atoms with Crippen molar-refractivity contribution in [2.24, 2.45) is 0 Å². The quantitative estimate of drug-likeness (QED) is 0.895. The minimum atomic E-state index is -0.311. The SMILES string of the molecule is CCNC(C)c1cnc(Cc2ccc(F)cc2Cl)s1. The first-order valence-electron chi connectivity index (χ1n) is 6.22. The van der Waals surface area contributed by atoms with Gasteiger partial charge in [-0.15, -0.1) is 11.3 Å². The van der Waals surface area contributed by atoms with Crippen molar-refractivity contribution >= 4 is 22.9 Å². The van der Waals surface area contributed by atoms with Gasteiger partial charge in [-0.2, -0.15) is 0 Å². The monoisotopic (exact) mass is 298 g/mol. The second-order valence-corrected chi connectivity index (χ2v) is 5.90. The molecule has 19 heavy (non-hydrogen) atoms. The predicted molar refractivity (Wildman–Crippen MR) is 78.4 cm³/mol. The first kappa shape index (κ1) is 14.4. The lowest BCUT2D eigenvalue weighted by Crippen LogP contribution is -2.16. The van der Waals surface area contributed by atoms with Gasteiger partial charge in [0.1, 0.15) is 5.82 Å². The molecule has 0 saturated carbocycles. The predicted octanol–water partition coefficient (Wildman–Crippen LogP) is 4.20. The van der Waals surface area contributed by atoms with E-state index in [9.17, 15) is 4.39 Å². The topological polar surface area (TPSA) is 24.9 Å². The second kappa shape index (κ2) is 6.46. The maximum atomic E-state index is 13.0. The van der Waals surface area contributed by atoms with Crippen molar-refractivity contribution < 1.29 is 4.39 Å². The molecule has 0 spiro atoms. The molecule has 2 aromatic rings. The summed E-state index contributed by atoms with van der Waals surface area (Å²) < 4.78 is 13.0. The molecule has 102 valence electrons. The Labute approximate surface area is 121 Å². The molecule has 0 aliphatic heterocycles. The Hall–Kier alpha value is -0.970. The van der Waals surface area contributed by atoms with Crippen LogP contribution in [-0.2, 0) is 6.42 Å². The molecule has 0 radical (unpaired) electrons. The molecule has 0 saturated heterocycles. The number of thiazole rings is 1. The standard InChI is InChI=1S/C14H16ClFN2S/c1-3-17-9(2)13-8-18-14(19-13)6-10-4-5-11(16)7-12(10)15/h4-5,7-9,17H,3,6H2,1-2H3. The fourth-order valence-electron chi connectivity index (χ4n) is 1.84. The Balaban J connectivity index is 2.11. The average molecular weight is 299 g/mol. The molecule has 1 unspecified atom stereocenters. The highest BCUT2D eigenvalue weighted by Crippen LogP contribution is 2.25. The highest BCUT2D eigenvalue weighted by molar-refractivity contribution is 7.11. The fourth-order valence-corrected chi connectivity index (χ4v) is 3.05. The van der Waals surface area contributed by atoms with Crippen LogP contribution in [0.25, 0.3) is 0 Å². The molecular formula is C14H16ClFN2S. The van der Waals surface area contributed by atoms with E-state index in [2.05, 4.69) is 24.1 Å². The van der Waals surface area contributed by atoms with Gasteiger partial charge in [0.25, 0.3) is 0 Å². The van der Waals surface area contributed by atoms with Crippen molar-refractivity contribution in [3.05, 3.63) is 50.7 Å². The van der Waals surface area contributed by atoms with Crippen LogP contribution in [0.3, 0.4) is 0 Å². The van der Waals surface area contributed by atoms with Crippen LogP contribution in [0.15, 0.2) is 24.4 Å². The van der Waals surface area contributed by atoms with E-state index >= 15 is 0 Å². The minimum Gasteiger partial charge on any atom is -0.310 e. The maximum Gasteiger partial charge on any atom is 0.124 e. The highest BCUT2D eigenvalue weighted by Gasteiger charge is 2.10. The number of benzene rings is 1. The summed E-state index contributed by atoms with van der Waals surface area (Å²) in [5.74, 6) is -0.311. The third-order valence-electron chi connectivity index (χ3n) is 2.87. The Bertz CT molecular complexity index is 556. The zero-order valence-corrected chi connectivity index (χ0v) is 12.5. The summed E-state index contributed by atoms with van der Waals surface area (Å²) >= 11 is 7.69. The number of nitrogens with zero attached hydrogens (tertiary/aromatic N) is 1. The lowest BCUT2D eigenvalue weighted by Gasteiger charge is -2.08. The molecule has 1 aromatic carbocycles. The van der Waals surface area contributed by atoms with Crippen molar-refractivity contribution in [1.29, 1.82) is 0 Å². The van der Waals surface area contributed by atoms with Crippen LogP contribution in [0, 0.1) is 5.82 Å². The largest absolute Gasteiger partial charge is 0.310 e. The Morgan fingerprint density at radius 2 is 2.26 bits per heavy atom. The van der Waals surface area contributed by atoms with E-state index in [-0.39, 0.29) is 5.82 Å². The summed E-state index contributed by atoms with van der Waals surface area (Å²) in [7, 11) is 0. The Kier molecular flexibility index (Phi) is 4.91. The van der Waals surface area contributed by atoms with E-state index in [1.54, 1.807) is 17.4 Å². The molecule has 0 fully saturated rings. The number of nitrogens with one attached hydrogen (secondary N) is 1. The van der Waals surface area contributed by atoms with E-state index < -0.39 is 0 Å². The Morgan fingerprint density at radius 1 is 1.47 bits per heavy atom. The molecule has 1 atom stereocenters. The van der Waals surface area contributed by atoms with Crippen LogP contribution < -0.4 is 5.32 Å². The van der Waals surface area contributed by atoms with E-state index in [1.165, 1.54) is 17.0 Å². The summed E-state index contributed by atoms with van der Waals surface area (Å²) in [6, 6.07) is 4.79. The molecule has 0 aliphatic carbocycles. The van der Waals surface area contributed by atoms with Crippen LogP contribution >= 0.6 is 22.9 Å². The lowest BCUT2D eigenvalue weighted by atomic mass is 10.1. The molecule has 1 aromatic heterocycles. The van der Waals surface area contributed by atoms with Gasteiger partial charge in [-0.3, -0.25) is 0 Å². The van der Waals surface area contributed by atoms with Crippen LogP contribution in [0.2, 0.25) is 5.02 Å². The molecule has 1 heterocycles. The normalized spacial score (nSPS) is 12.6. The van der Waals surface area contributed by atoms with Crippen molar-refractivity contribution in [2.75, 3.05) is 6.54 Å². The zero-order valence-electron chi connectivity index (χ0n) is 10.9.